The van der Waals surface area contributed by atoms with Crippen molar-refractivity contribution in [2.75, 3.05) is 0 Å². The van der Waals surface area contributed by atoms with Gasteiger partial charge in [-0.25, -0.2) is 0 Å². The Labute approximate surface area is 155 Å². The molecule has 0 atom stereocenters. The van der Waals surface area contributed by atoms with Crippen molar-refractivity contribution in [3.8, 4) is 6.07 Å². The first-order chi connectivity index (χ1) is 12.3. The number of nitriles is 1. The number of rotatable bonds is 10. The van der Waals surface area contributed by atoms with E-state index in [9.17, 15) is 0 Å². The van der Waals surface area contributed by atoms with E-state index < -0.39 is 0 Å². The van der Waals surface area contributed by atoms with E-state index in [2.05, 4.69) is 37.3 Å². The molecule has 0 heterocycles. The van der Waals surface area contributed by atoms with E-state index in [0.717, 1.165) is 18.3 Å². The van der Waals surface area contributed by atoms with Crippen LogP contribution in [0.3, 0.4) is 0 Å². The summed E-state index contributed by atoms with van der Waals surface area (Å²) in [7, 11) is 0. The van der Waals surface area contributed by atoms with Gasteiger partial charge in [0.2, 0.25) is 0 Å². The van der Waals surface area contributed by atoms with Crippen LogP contribution in [0.15, 0.2) is 36.4 Å². The minimum Gasteiger partial charge on any atom is -0.193 e. The number of allylic oxidation sites excluding steroid dienone is 2. The Kier molecular flexibility index (Phi) is 9.42. The van der Waals surface area contributed by atoms with Crippen LogP contribution in [0.4, 0.5) is 0 Å². The molecule has 0 radical (unpaired) electrons. The Balaban J connectivity index is 1.69. The third-order valence-electron chi connectivity index (χ3n) is 5.80. The third kappa shape index (κ3) is 7.47. The van der Waals surface area contributed by atoms with Gasteiger partial charge < -0.3 is 0 Å². The van der Waals surface area contributed by atoms with Gasteiger partial charge in [0, 0.05) is 6.08 Å². The first kappa shape index (κ1) is 19.8. The molecule has 0 spiro atoms. The van der Waals surface area contributed by atoms with Gasteiger partial charge in [-0.3, -0.25) is 0 Å². The second-order valence-corrected chi connectivity index (χ2v) is 7.73. The molecule has 1 saturated carbocycles. The smallest absolute Gasteiger partial charge is 0.0908 e. The third-order valence-corrected chi connectivity index (χ3v) is 5.80. The van der Waals surface area contributed by atoms with Gasteiger partial charge in [0.25, 0.3) is 0 Å². The van der Waals surface area contributed by atoms with Crippen LogP contribution in [0.1, 0.15) is 94.6 Å². The second kappa shape index (κ2) is 11.9. The Hall–Kier alpha value is -1.55. The van der Waals surface area contributed by atoms with Crippen molar-refractivity contribution in [2.45, 2.75) is 89.9 Å². The first-order valence-corrected chi connectivity index (χ1v) is 10.5. The van der Waals surface area contributed by atoms with Crippen molar-refractivity contribution in [2.24, 2.45) is 5.92 Å². The minimum absolute atomic E-state index is 0.768. The fourth-order valence-electron chi connectivity index (χ4n) is 4.14. The minimum atomic E-state index is 0.768. The second-order valence-electron chi connectivity index (χ2n) is 7.73. The van der Waals surface area contributed by atoms with Crippen molar-refractivity contribution in [3.63, 3.8) is 0 Å². The van der Waals surface area contributed by atoms with Crippen LogP contribution >= 0.6 is 0 Å². The lowest BCUT2D eigenvalue weighted by Gasteiger charge is -2.28. The molecule has 1 aliphatic rings. The summed E-state index contributed by atoms with van der Waals surface area (Å²) in [5, 5.41) is 8.53. The summed E-state index contributed by atoms with van der Waals surface area (Å²) in [5.74, 6) is 1.63. The molecule has 0 bridgehead atoms. The Bertz CT molecular complexity index is 526. The average molecular weight is 338 g/mol. The highest BCUT2D eigenvalue weighted by molar-refractivity contribution is 5.26. The van der Waals surface area contributed by atoms with E-state index in [1.54, 1.807) is 11.6 Å². The van der Waals surface area contributed by atoms with Crippen LogP contribution in [0.5, 0.6) is 0 Å². The molecule has 1 aliphatic carbocycles. The number of aryl methyl sites for hydroxylation is 1. The van der Waals surface area contributed by atoms with Crippen LogP contribution in [0.25, 0.3) is 0 Å². The molecule has 25 heavy (non-hydrogen) atoms. The molecule has 1 aromatic carbocycles. The van der Waals surface area contributed by atoms with Crippen molar-refractivity contribution >= 4 is 0 Å². The number of hydrogen-bond donors (Lipinski definition) is 0. The van der Waals surface area contributed by atoms with Crippen LogP contribution in [0.2, 0.25) is 0 Å². The molecule has 2 rings (SSSR count). The van der Waals surface area contributed by atoms with E-state index in [1.807, 2.05) is 6.08 Å². The number of benzene rings is 1. The summed E-state index contributed by atoms with van der Waals surface area (Å²) < 4.78 is 0. The zero-order chi connectivity index (χ0) is 17.7. The molecule has 0 saturated heterocycles. The van der Waals surface area contributed by atoms with E-state index in [0.29, 0.717) is 0 Å². The molecule has 1 aromatic rings. The SMILES string of the molecule is CCCCCCCc1ccc([C@H]2CC[C@H](CC/C=C/C#N)CC2)cc1. The molecule has 0 aliphatic heterocycles. The van der Waals surface area contributed by atoms with Crippen molar-refractivity contribution < 1.29 is 0 Å². The molecule has 0 unspecified atom stereocenters. The number of hydrogen-bond acceptors (Lipinski definition) is 1. The molecule has 1 heteroatoms. The average Bonchev–Trinajstić information content (AvgIpc) is 2.66. The van der Waals surface area contributed by atoms with Crippen LogP contribution in [-0.2, 0) is 6.42 Å². The van der Waals surface area contributed by atoms with Gasteiger partial charge in [0.15, 0.2) is 0 Å². The molecule has 1 fully saturated rings. The molecule has 0 amide bonds. The Morgan fingerprint density at radius 3 is 2.40 bits per heavy atom. The van der Waals surface area contributed by atoms with E-state index in [1.165, 1.54) is 76.2 Å². The summed E-state index contributed by atoms with van der Waals surface area (Å²) in [6, 6.07) is 11.6. The largest absolute Gasteiger partial charge is 0.193 e. The lowest BCUT2D eigenvalue weighted by Crippen LogP contribution is -2.13. The summed E-state index contributed by atoms with van der Waals surface area (Å²) in [5.41, 5.74) is 3.07. The summed E-state index contributed by atoms with van der Waals surface area (Å²) in [6.45, 7) is 2.28. The maximum atomic E-state index is 8.53. The van der Waals surface area contributed by atoms with Gasteiger partial charge >= 0.3 is 0 Å². The highest BCUT2D eigenvalue weighted by Crippen LogP contribution is 2.37. The first-order valence-electron chi connectivity index (χ1n) is 10.5. The number of nitrogens with zero attached hydrogens (tertiary/aromatic N) is 1. The zero-order valence-corrected chi connectivity index (χ0v) is 16.1. The molecule has 0 aromatic heterocycles. The van der Waals surface area contributed by atoms with Gasteiger partial charge in [-0.15, -0.1) is 0 Å². The van der Waals surface area contributed by atoms with E-state index in [-0.39, 0.29) is 0 Å². The van der Waals surface area contributed by atoms with Gasteiger partial charge in [-0.05, 0) is 74.3 Å². The summed E-state index contributed by atoms with van der Waals surface area (Å²) in [4.78, 5) is 0. The van der Waals surface area contributed by atoms with Crippen LogP contribution in [-0.4, -0.2) is 0 Å². The van der Waals surface area contributed by atoms with Gasteiger partial charge in [0.05, 0.1) is 6.07 Å². The molecule has 0 N–H and O–H groups in total. The highest BCUT2D eigenvalue weighted by Gasteiger charge is 2.21. The Morgan fingerprint density at radius 2 is 1.72 bits per heavy atom. The maximum absolute atomic E-state index is 8.53. The standard InChI is InChI=1S/C24H35N/c1-2-3-4-5-7-10-21-12-16-23(17-13-21)24-18-14-22(15-19-24)11-8-6-9-20-25/h6,9,12-13,16-17,22,24H,2-5,7-8,10-11,14-15,18-19H2,1H3/b9-6+/t22-,24-. The zero-order valence-electron chi connectivity index (χ0n) is 16.1. The predicted octanol–water partition coefficient (Wildman–Crippen LogP) is 7.33. The summed E-state index contributed by atoms with van der Waals surface area (Å²) in [6.07, 6.45) is 19.4. The maximum Gasteiger partial charge on any atom is 0.0908 e. The molecular weight excluding hydrogens is 302 g/mol. The lowest BCUT2D eigenvalue weighted by atomic mass is 9.77. The monoisotopic (exact) mass is 337 g/mol. The highest BCUT2D eigenvalue weighted by atomic mass is 14.3. The number of unbranched alkanes of at least 4 members (excludes halogenated alkanes) is 4. The fraction of sp³-hybridized carbons (Fsp3) is 0.625. The lowest BCUT2D eigenvalue weighted by molar-refractivity contribution is 0.312. The Morgan fingerprint density at radius 1 is 1.00 bits per heavy atom. The molecule has 136 valence electrons. The van der Waals surface area contributed by atoms with Gasteiger partial charge in [-0.2, -0.15) is 5.26 Å². The molecule has 1 nitrogen and oxygen atoms in total. The van der Waals surface area contributed by atoms with Crippen LogP contribution in [0, 0.1) is 17.2 Å². The van der Waals surface area contributed by atoms with E-state index >= 15 is 0 Å². The van der Waals surface area contributed by atoms with E-state index in [4.69, 9.17) is 5.26 Å². The van der Waals surface area contributed by atoms with Crippen molar-refractivity contribution in [3.05, 3.63) is 47.5 Å². The fourth-order valence-corrected chi connectivity index (χ4v) is 4.14. The van der Waals surface area contributed by atoms with Gasteiger partial charge in [0.1, 0.15) is 0 Å². The summed E-state index contributed by atoms with van der Waals surface area (Å²) >= 11 is 0. The van der Waals surface area contributed by atoms with Crippen molar-refractivity contribution in [1.82, 2.24) is 0 Å². The topological polar surface area (TPSA) is 23.8 Å². The normalized spacial score (nSPS) is 20.6. The van der Waals surface area contributed by atoms with Gasteiger partial charge in [-0.1, -0.05) is 62.9 Å². The van der Waals surface area contributed by atoms with Crippen molar-refractivity contribution in [1.29, 1.82) is 5.26 Å². The predicted molar refractivity (Wildman–Crippen MR) is 108 cm³/mol. The molecular formula is C24H35N. The quantitative estimate of drug-likeness (QED) is 0.324. The van der Waals surface area contributed by atoms with Crippen LogP contribution < -0.4 is 0 Å².